The minimum Gasteiger partial charge on any atom is -0.497 e. The fourth-order valence-corrected chi connectivity index (χ4v) is 5.50. The van der Waals surface area contributed by atoms with Crippen molar-refractivity contribution in [2.75, 3.05) is 34.9 Å². The number of hydrogen-bond donors (Lipinski definition) is 2. The predicted molar refractivity (Wildman–Crippen MR) is 171 cm³/mol. The van der Waals surface area contributed by atoms with E-state index < -0.39 is 11.6 Å². The highest BCUT2D eigenvalue weighted by molar-refractivity contribution is 6.30. The Morgan fingerprint density at radius 3 is 2.19 bits per heavy atom. The van der Waals surface area contributed by atoms with Crippen LogP contribution in [0.15, 0.2) is 66.7 Å². The van der Waals surface area contributed by atoms with Crippen molar-refractivity contribution in [3.8, 4) is 11.5 Å². The fourth-order valence-electron chi connectivity index (χ4n) is 5.38. The van der Waals surface area contributed by atoms with Crippen LogP contribution in [-0.4, -0.2) is 66.4 Å². The van der Waals surface area contributed by atoms with Gasteiger partial charge in [-0.3, -0.25) is 14.2 Å². The molecule has 1 aromatic heterocycles. The number of aliphatic hydroxyl groups is 1. The molecule has 0 fully saturated rings. The zero-order valence-electron chi connectivity index (χ0n) is 25.8. The van der Waals surface area contributed by atoms with Crippen molar-refractivity contribution in [3.05, 3.63) is 94.1 Å². The lowest BCUT2D eigenvalue weighted by molar-refractivity contribution is -0.136. The van der Waals surface area contributed by atoms with E-state index in [-0.39, 0.29) is 18.2 Å². The third-order valence-corrected chi connectivity index (χ3v) is 7.98. The van der Waals surface area contributed by atoms with Gasteiger partial charge in [0.1, 0.15) is 11.5 Å². The summed E-state index contributed by atoms with van der Waals surface area (Å²) in [5, 5.41) is 21.4. The van der Waals surface area contributed by atoms with Crippen molar-refractivity contribution >= 4 is 34.4 Å². The Kier molecular flexibility index (Phi) is 11.4. The van der Waals surface area contributed by atoms with E-state index in [2.05, 4.69) is 11.8 Å². The van der Waals surface area contributed by atoms with E-state index in [0.29, 0.717) is 44.9 Å². The number of methoxy groups -OCH3 is 2. The summed E-state index contributed by atoms with van der Waals surface area (Å²) >= 11 is 5.89. The van der Waals surface area contributed by atoms with Crippen molar-refractivity contribution in [2.24, 2.45) is 5.92 Å². The molecule has 0 aliphatic rings. The molecular weight excluding hydrogens is 568 g/mol. The molecule has 0 radical (unpaired) electrons. The third-order valence-electron chi connectivity index (χ3n) is 7.73. The molecule has 43 heavy (non-hydrogen) atoms. The van der Waals surface area contributed by atoms with E-state index in [4.69, 9.17) is 21.1 Å². The van der Waals surface area contributed by atoms with Crippen molar-refractivity contribution in [1.82, 2.24) is 9.47 Å². The first-order valence-corrected chi connectivity index (χ1v) is 14.5. The van der Waals surface area contributed by atoms with E-state index in [0.717, 1.165) is 17.9 Å². The molecule has 2 N–H and O–H groups in total. The van der Waals surface area contributed by atoms with Crippen LogP contribution in [0.2, 0.25) is 5.02 Å². The number of aliphatic carboxylic acids is 1. The van der Waals surface area contributed by atoms with E-state index in [1.807, 2.05) is 45.3 Å². The first-order chi connectivity index (χ1) is 20.4. The van der Waals surface area contributed by atoms with Crippen LogP contribution in [-0.2, 0) is 16.8 Å². The van der Waals surface area contributed by atoms with Gasteiger partial charge in [-0.1, -0.05) is 37.6 Å². The summed E-state index contributed by atoms with van der Waals surface area (Å²) in [7, 11) is 7.24. The number of ether oxygens (including phenoxy) is 2. The summed E-state index contributed by atoms with van der Waals surface area (Å²) < 4.78 is 12.0. The Bertz CT molecular complexity index is 1560. The molecule has 0 saturated heterocycles. The standard InChI is InChI=1S/C19H16ClNO4.C15H25NO2/c1-11-15(10-18(22)23)16-9-14(25-2)7-8-17(16)21(11)19(24)12-3-5-13(20)6-4-12;1-6-15(17,12(2)11-16(3)4)13-8-7-9-14(10-13)18-5/h3-9H,10H2,1-2H3,(H,22,23);7-10,12,17H,6,11H2,1-5H3/t;12?,15-/m.1/s1. The maximum Gasteiger partial charge on any atom is 0.307 e. The van der Waals surface area contributed by atoms with Crippen LogP contribution in [0, 0.1) is 12.8 Å². The van der Waals surface area contributed by atoms with Gasteiger partial charge in [0.25, 0.3) is 5.91 Å². The number of aromatic nitrogens is 1. The van der Waals surface area contributed by atoms with E-state index in [9.17, 15) is 19.8 Å². The zero-order chi connectivity index (χ0) is 31.9. The van der Waals surface area contributed by atoms with E-state index in [1.54, 1.807) is 63.6 Å². The topological polar surface area (TPSA) is 101 Å². The Morgan fingerprint density at radius 1 is 1.00 bits per heavy atom. The largest absolute Gasteiger partial charge is 0.497 e. The van der Waals surface area contributed by atoms with Crippen LogP contribution in [0.25, 0.3) is 10.9 Å². The van der Waals surface area contributed by atoms with Crippen LogP contribution in [0.3, 0.4) is 0 Å². The number of carbonyl (C=O) groups is 2. The maximum absolute atomic E-state index is 13.0. The van der Waals surface area contributed by atoms with Gasteiger partial charge in [-0.2, -0.15) is 0 Å². The highest BCUT2D eigenvalue weighted by Gasteiger charge is 2.34. The summed E-state index contributed by atoms with van der Waals surface area (Å²) in [6.07, 6.45) is 0.519. The molecule has 230 valence electrons. The third kappa shape index (κ3) is 7.76. The fraction of sp³-hybridized carbons (Fsp3) is 0.353. The van der Waals surface area contributed by atoms with Crippen LogP contribution < -0.4 is 9.47 Å². The Balaban J connectivity index is 0.000000250. The lowest BCUT2D eigenvalue weighted by Gasteiger charge is -2.35. The molecule has 1 unspecified atom stereocenters. The number of carboxylic acid groups (broad SMARTS) is 1. The molecule has 1 heterocycles. The summed E-state index contributed by atoms with van der Waals surface area (Å²) in [6.45, 7) is 6.70. The minimum absolute atomic E-state index is 0.157. The van der Waals surface area contributed by atoms with Gasteiger partial charge < -0.3 is 24.6 Å². The second kappa shape index (κ2) is 14.6. The summed E-state index contributed by atoms with van der Waals surface area (Å²) in [6, 6.07) is 19.6. The van der Waals surface area contributed by atoms with Gasteiger partial charge in [-0.15, -0.1) is 0 Å². The zero-order valence-corrected chi connectivity index (χ0v) is 26.6. The number of hydrogen-bond acceptors (Lipinski definition) is 6. The Hall–Kier alpha value is -3.85. The number of rotatable bonds is 10. The lowest BCUT2D eigenvalue weighted by atomic mass is 9.80. The first kappa shape index (κ1) is 33.6. The molecule has 3 aromatic carbocycles. The highest BCUT2D eigenvalue weighted by atomic mass is 35.5. The molecule has 4 aromatic rings. The maximum atomic E-state index is 13.0. The highest BCUT2D eigenvalue weighted by Crippen LogP contribution is 2.35. The second-order valence-corrected chi connectivity index (χ2v) is 11.3. The van der Waals surface area contributed by atoms with E-state index in [1.165, 1.54) is 4.57 Å². The summed E-state index contributed by atoms with van der Waals surface area (Å²) in [5.74, 6) is 0.362. The van der Waals surface area contributed by atoms with Crippen LogP contribution in [0.4, 0.5) is 0 Å². The van der Waals surface area contributed by atoms with Gasteiger partial charge in [-0.05, 0) is 93.2 Å². The smallest absolute Gasteiger partial charge is 0.307 e. The summed E-state index contributed by atoms with van der Waals surface area (Å²) in [4.78, 5) is 26.4. The Morgan fingerprint density at radius 2 is 1.63 bits per heavy atom. The van der Waals surface area contributed by atoms with Crippen LogP contribution in [0.1, 0.15) is 47.4 Å². The molecule has 0 aliphatic heterocycles. The number of carboxylic acids is 1. The molecule has 2 atom stereocenters. The van der Waals surface area contributed by atoms with Crippen molar-refractivity contribution in [1.29, 1.82) is 0 Å². The molecule has 8 nitrogen and oxygen atoms in total. The second-order valence-electron chi connectivity index (χ2n) is 10.8. The predicted octanol–water partition coefficient (Wildman–Crippen LogP) is 6.42. The number of halogens is 1. The van der Waals surface area contributed by atoms with Gasteiger partial charge >= 0.3 is 5.97 Å². The molecule has 4 rings (SSSR count). The quantitative estimate of drug-likeness (QED) is 0.214. The van der Waals surface area contributed by atoms with Crippen LogP contribution >= 0.6 is 11.6 Å². The Labute approximate surface area is 258 Å². The van der Waals surface area contributed by atoms with Crippen LogP contribution in [0.5, 0.6) is 11.5 Å². The number of benzene rings is 3. The average molecular weight is 609 g/mol. The number of fused-ring (bicyclic) bond motifs is 1. The molecule has 9 heteroatoms. The first-order valence-electron chi connectivity index (χ1n) is 14.1. The number of carbonyl (C=O) groups excluding carboxylic acids is 1. The average Bonchev–Trinajstić information content (AvgIpc) is 3.26. The van der Waals surface area contributed by atoms with Gasteiger partial charge in [0.05, 0.1) is 31.8 Å². The van der Waals surface area contributed by atoms with E-state index >= 15 is 0 Å². The SMILES string of the molecule is CC[C@](O)(c1cccc(OC)c1)C(C)CN(C)C.COc1ccc2c(c1)c(CC(=O)O)c(C)n2C(=O)c1ccc(Cl)cc1. The molecule has 0 bridgehead atoms. The van der Waals surface area contributed by atoms with Crippen molar-refractivity contribution in [2.45, 2.75) is 39.2 Å². The minimum atomic E-state index is -0.955. The van der Waals surface area contributed by atoms with Crippen molar-refractivity contribution in [3.63, 3.8) is 0 Å². The van der Waals surface area contributed by atoms with Gasteiger partial charge in [-0.25, -0.2) is 0 Å². The molecule has 0 spiro atoms. The normalized spacial score (nSPS) is 13.2. The molecule has 0 saturated carbocycles. The molecule has 0 aliphatic carbocycles. The molecular formula is C34H41ClN2O6. The van der Waals surface area contributed by atoms with Gasteiger partial charge in [0.15, 0.2) is 0 Å². The van der Waals surface area contributed by atoms with Gasteiger partial charge in [0, 0.05) is 34.1 Å². The van der Waals surface area contributed by atoms with Gasteiger partial charge in [0.2, 0.25) is 0 Å². The number of nitrogens with zero attached hydrogens (tertiary/aromatic N) is 2. The monoisotopic (exact) mass is 608 g/mol. The van der Waals surface area contributed by atoms with Crippen molar-refractivity contribution < 1.29 is 29.3 Å². The summed E-state index contributed by atoms with van der Waals surface area (Å²) in [5.41, 5.74) is 2.45. The lowest BCUT2D eigenvalue weighted by Crippen LogP contribution is -2.38. The molecule has 0 amide bonds.